The number of hydrogen-bond donors (Lipinski definition) is 1. The Morgan fingerprint density at radius 3 is 2.85 bits per heavy atom. The molecule has 0 radical (unpaired) electrons. The summed E-state index contributed by atoms with van der Waals surface area (Å²) in [6.07, 6.45) is 0.492. The molecule has 1 saturated heterocycles. The third-order valence-electron chi connectivity index (χ3n) is 5.43. The second-order valence-corrected chi connectivity index (χ2v) is 8.67. The Kier molecular flexibility index (Phi) is 4.23. The second-order valence-electron chi connectivity index (χ2n) is 6.94. The van der Waals surface area contributed by atoms with Crippen LogP contribution in [0, 0.1) is 23.6 Å². The zero-order chi connectivity index (χ0) is 18.5. The summed E-state index contributed by atoms with van der Waals surface area (Å²) >= 11 is 0. The highest BCUT2D eigenvalue weighted by atomic mass is 32.2. The number of rotatable bonds is 6. The van der Waals surface area contributed by atoms with Crippen LogP contribution in [0.1, 0.15) is 19.3 Å². The summed E-state index contributed by atoms with van der Waals surface area (Å²) in [6, 6.07) is 5.00. The molecule has 4 rings (SSSR count). The predicted molar refractivity (Wildman–Crippen MR) is 85.7 cm³/mol. The molecule has 5 unspecified atom stereocenters. The maximum atomic E-state index is 13.6. The highest BCUT2D eigenvalue weighted by molar-refractivity contribution is 7.89. The topological polar surface area (TPSA) is 98.8 Å². The molecule has 0 spiro atoms. The van der Waals surface area contributed by atoms with E-state index in [2.05, 4.69) is 4.72 Å². The molecule has 3 fully saturated rings. The first-order chi connectivity index (χ1) is 12.4. The van der Waals surface area contributed by atoms with Gasteiger partial charge in [-0.1, -0.05) is 12.1 Å². The molecule has 7 nitrogen and oxygen atoms in total. The van der Waals surface area contributed by atoms with Crippen molar-refractivity contribution in [3.63, 3.8) is 0 Å². The zero-order valence-electron chi connectivity index (χ0n) is 13.8. The average Bonchev–Trinajstić information content (AvgIpc) is 3.20. The van der Waals surface area contributed by atoms with Crippen LogP contribution in [0.3, 0.4) is 0 Å². The van der Waals surface area contributed by atoms with Gasteiger partial charge >= 0.3 is 11.9 Å². The monoisotopic (exact) mass is 383 g/mol. The summed E-state index contributed by atoms with van der Waals surface area (Å²) in [5.74, 6) is -1.45. The minimum Gasteiger partial charge on any atom is -0.458 e. The molecular weight excluding hydrogens is 365 g/mol. The van der Waals surface area contributed by atoms with Gasteiger partial charge in [-0.05, 0) is 25.0 Å². The molecule has 1 aromatic carbocycles. The number of fused-ring (bicyclic) bond motifs is 1. The van der Waals surface area contributed by atoms with Crippen LogP contribution in [-0.2, 0) is 29.1 Å². The number of ether oxygens (including phenoxy) is 2. The van der Waals surface area contributed by atoms with Crippen molar-refractivity contribution in [2.75, 3.05) is 6.54 Å². The van der Waals surface area contributed by atoms with Crippen LogP contribution in [0.5, 0.6) is 0 Å². The van der Waals surface area contributed by atoms with Gasteiger partial charge in [-0.25, -0.2) is 17.5 Å². The predicted octanol–water partition coefficient (Wildman–Crippen LogP) is 0.987. The van der Waals surface area contributed by atoms with E-state index in [1.54, 1.807) is 0 Å². The number of esters is 2. The van der Waals surface area contributed by atoms with Crippen molar-refractivity contribution in [1.29, 1.82) is 0 Å². The highest BCUT2D eigenvalue weighted by Gasteiger charge is 2.63. The van der Waals surface area contributed by atoms with Gasteiger partial charge < -0.3 is 9.47 Å². The van der Waals surface area contributed by atoms with Gasteiger partial charge in [-0.3, -0.25) is 9.59 Å². The van der Waals surface area contributed by atoms with Gasteiger partial charge in [0.15, 0.2) is 0 Å². The zero-order valence-corrected chi connectivity index (χ0v) is 14.6. The van der Waals surface area contributed by atoms with Crippen molar-refractivity contribution in [2.24, 2.45) is 17.8 Å². The summed E-state index contributed by atoms with van der Waals surface area (Å²) in [6.45, 7) is -0.205. The normalized spacial score (nSPS) is 31.9. The van der Waals surface area contributed by atoms with Gasteiger partial charge in [0.1, 0.15) is 22.9 Å². The minimum absolute atomic E-state index is 0.0625. The van der Waals surface area contributed by atoms with Crippen molar-refractivity contribution in [1.82, 2.24) is 4.72 Å². The van der Waals surface area contributed by atoms with E-state index in [0.29, 0.717) is 6.42 Å². The van der Waals surface area contributed by atoms with Crippen molar-refractivity contribution >= 4 is 22.0 Å². The number of hydrogen-bond acceptors (Lipinski definition) is 6. The summed E-state index contributed by atoms with van der Waals surface area (Å²) in [4.78, 5) is 23.3. The lowest BCUT2D eigenvalue weighted by Gasteiger charge is -2.25. The molecule has 3 aliphatic rings. The van der Waals surface area contributed by atoms with Crippen LogP contribution < -0.4 is 4.72 Å². The SMILES string of the molecule is O=C(CCNS(=O)(=O)c1ccccc1F)OC1C2CC3C(=O)OC1C3C2. The highest BCUT2D eigenvalue weighted by Crippen LogP contribution is 2.55. The van der Waals surface area contributed by atoms with Gasteiger partial charge in [0, 0.05) is 18.4 Å². The first-order valence-electron chi connectivity index (χ1n) is 8.51. The third-order valence-corrected chi connectivity index (χ3v) is 6.92. The average molecular weight is 383 g/mol. The number of benzene rings is 1. The molecule has 1 N–H and O–H groups in total. The van der Waals surface area contributed by atoms with Crippen LogP contribution in [-0.4, -0.2) is 39.1 Å². The maximum absolute atomic E-state index is 13.6. The van der Waals surface area contributed by atoms with Gasteiger partial charge in [0.05, 0.1) is 12.3 Å². The first-order valence-corrected chi connectivity index (χ1v) is 9.99. The summed E-state index contributed by atoms with van der Waals surface area (Å²) in [5, 5.41) is 0. The van der Waals surface area contributed by atoms with E-state index in [1.165, 1.54) is 12.1 Å². The van der Waals surface area contributed by atoms with Crippen molar-refractivity contribution in [2.45, 2.75) is 36.4 Å². The molecule has 2 saturated carbocycles. The summed E-state index contributed by atoms with van der Waals surface area (Å²) < 4.78 is 50.7. The third kappa shape index (κ3) is 2.88. The molecular formula is C17H18FNO6S. The molecule has 1 heterocycles. The molecule has 2 bridgehead atoms. The summed E-state index contributed by atoms with van der Waals surface area (Å²) in [5.41, 5.74) is 0. The Balaban J connectivity index is 1.30. The Bertz CT molecular complexity index is 857. The largest absolute Gasteiger partial charge is 0.458 e. The van der Waals surface area contributed by atoms with Crippen LogP contribution in [0.25, 0.3) is 0 Å². The van der Waals surface area contributed by atoms with Crippen LogP contribution in [0.15, 0.2) is 29.2 Å². The van der Waals surface area contributed by atoms with Crippen LogP contribution in [0.4, 0.5) is 4.39 Å². The Morgan fingerprint density at radius 2 is 2.08 bits per heavy atom. The van der Waals surface area contributed by atoms with Crippen molar-refractivity contribution in [3.8, 4) is 0 Å². The Labute approximate surface area is 149 Å². The van der Waals surface area contributed by atoms with Crippen molar-refractivity contribution in [3.05, 3.63) is 30.1 Å². The van der Waals surface area contributed by atoms with Crippen LogP contribution in [0.2, 0.25) is 0 Å². The Hall–Kier alpha value is -2.00. The van der Waals surface area contributed by atoms with Crippen molar-refractivity contribution < 1.29 is 31.9 Å². The lowest BCUT2D eigenvalue weighted by atomic mass is 9.88. The fourth-order valence-corrected chi connectivity index (χ4v) is 5.41. The maximum Gasteiger partial charge on any atom is 0.309 e. The fraction of sp³-hybridized carbons (Fsp3) is 0.529. The van der Waals surface area contributed by atoms with Crippen LogP contribution >= 0.6 is 0 Å². The summed E-state index contributed by atoms with van der Waals surface area (Å²) in [7, 11) is -4.04. The number of carbonyl (C=O) groups is 2. The molecule has 140 valence electrons. The molecule has 26 heavy (non-hydrogen) atoms. The number of sulfonamides is 1. The minimum atomic E-state index is -4.04. The van der Waals surface area contributed by atoms with E-state index in [4.69, 9.17) is 9.47 Å². The van der Waals surface area contributed by atoms with E-state index in [9.17, 15) is 22.4 Å². The quantitative estimate of drug-likeness (QED) is 0.736. The molecule has 1 aliphatic heterocycles. The second kappa shape index (κ2) is 6.31. The molecule has 0 aromatic heterocycles. The number of nitrogens with one attached hydrogen (secondary N) is 1. The van der Waals surface area contributed by atoms with Gasteiger partial charge in [-0.15, -0.1) is 0 Å². The van der Waals surface area contributed by atoms with Gasteiger partial charge in [-0.2, -0.15) is 0 Å². The molecule has 0 amide bonds. The number of carbonyl (C=O) groups excluding carboxylic acids is 2. The first kappa shape index (κ1) is 17.4. The number of halogens is 1. The smallest absolute Gasteiger partial charge is 0.309 e. The fourth-order valence-electron chi connectivity index (χ4n) is 4.30. The Morgan fingerprint density at radius 1 is 1.31 bits per heavy atom. The van der Waals surface area contributed by atoms with E-state index in [-0.39, 0.29) is 42.8 Å². The van der Waals surface area contributed by atoms with Gasteiger partial charge in [0.2, 0.25) is 10.0 Å². The van der Waals surface area contributed by atoms with E-state index < -0.39 is 32.8 Å². The lowest BCUT2D eigenvalue weighted by Crippen LogP contribution is -2.36. The van der Waals surface area contributed by atoms with Gasteiger partial charge in [0.25, 0.3) is 0 Å². The molecule has 5 atom stereocenters. The molecule has 1 aromatic rings. The lowest BCUT2D eigenvalue weighted by molar-refractivity contribution is -0.161. The standard InChI is InChI=1S/C17H18FNO6S/c18-12-3-1-2-4-13(12)26(22,23)19-6-5-14(20)24-15-9-7-10-11(8-9)17(21)25-16(10)15/h1-4,9-11,15-16,19H,5-8H2. The molecule has 9 heteroatoms. The van der Waals surface area contributed by atoms with E-state index in [1.807, 2.05) is 0 Å². The molecule has 2 aliphatic carbocycles. The van der Waals surface area contributed by atoms with E-state index >= 15 is 0 Å². The van der Waals surface area contributed by atoms with E-state index in [0.717, 1.165) is 18.6 Å².